The molecule has 4 heterocycles. The Morgan fingerprint density at radius 1 is 0.638 bits per heavy atom. The Bertz CT molecular complexity index is 1720. The number of esters is 2. The molecule has 1 radical (unpaired) electrons. The fourth-order valence-electron chi connectivity index (χ4n) is 4.64. The molecule has 47 heavy (non-hydrogen) atoms. The second-order valence-corrected chi connectivity index (χ2v) is 9.90. The number of hydrogen-bond donors (Lipinski definition) is 4. The van der Waals surface area contributed by atoms with Crippen molar-refractivity contribution in [3.8, 4) is 11.5 Å². The molecule has 4 aromatic rings. The quantitative estimate of drug-likeness (QED) is 0.0998. The van der Waals surface area contributed by atoms with Crippen LogP contribution in [0.4, 0.5) is 11.6 Å². The summed E-state index contributed by atoms with van der Waals surface area (Å²) in [6, 6.07) is 22.2. The standard InChI is InChI=1S/2C16H12N2O5.Co/c2*19-13-10-5-1-2-6-11(10)23-15(22)16(13,14(20)21)9-18-12-7-3-4-8-17-12;/h2*1-9,13,19H,(H,20,21);. The Hall–Kier alpha value is -5.61. The van der Waals surface area contributed by atoms with E-state index < -0.39 is 46.9 Å². The van der Waals surface area contributed by atoms with Gasteiger partial charge in [-0.15, -0.1) is 0 Å². The van der Waals surface area contributed by atoms with Crippen LogP contribution in [0.15, 0.2) is 107 Å². The number of aliphatic hydroxyl groups excluding tert-OH is 2. The smallest absolute Gasteiger partial charge is 0.337 e. The van der Waals surface area contributed by atoms with Crippen molar-refractivity contribution in [2.24, 2.45) is 20.8 Å². The molecule has 0 amide bonds. The maximum absolute atomic E-state index is 12.3. The summed E-state index contributed by atoms with van der Waals surface area (Å²) < 4.78 is 10.2. The summed E-state index contributed by atoms with van der Waals surface area (Å²) >= 11 is 0. The molecule has 0 bridgehead atoms. The van der Waals surface area contributed by atoms with Gasteiger partial charge in [0.1, 0.15) is 23.7 Å². The van der Waals surface area contributed by atoms with Crippen LogP contribution in [-0.4, -0.2) is 66.7 Å². The van der Waals surface area contributed by atoms with Gasteiger partial charge in [0.2, 0.25) is 10.8 Å². The van der Waals surface area contributed by atoms with Crippen LogP contribution in [0.3, 0.4) is 0 Å². The second kappa shape index (κ2) is 14.2. The fraction of sp³-hybridized carbons (Fsp3) is 0.125. The monoisotopic (exact) mass is 683 g/mol. The second-order valence-electron chi connectivity index (χ2n) is 9.90. The van der Waals surface area contributed by atoms with Crippen LogP contribution in [0.5, 0.6) is 11.5 Å². The number of aliphatic carboxylic acids is 2. The molecule has 2 aromatic carbocycles. The summed E-state index contributed by atoms with van der Waals surface area (Å²) in [5, 5.41) is 40.1. The van der Waals surface area contributed by atoms with Crippen LogP contribution in [0.25, 0.3) is 0 Å². The summed E-state index contributed by atoms with van der Waals surface area (Å²) in [6.45, 7) is 0. The van der Waals surface area contributed by atoms with Gasteiger partial charge >= 0.3 is 23.9 Å². The third-order valence-corrected chi connectivity index (χ3v) is 7.18. The SMILES string of the molecule is O=C(O)C1(C=Nc2ccccn2)C(=O)Oc2ccccc2C1O.O=C(O)C1(C=Nc2ccccn2)C(=O)Oc2ccccc2C1O.[Co]. The van der Waals surface area contributed by atoms with E-state index in [0.717, 1.165) is 12.4 Å². The number of hydrogen-bond acceptors (Lipinski definition) is 12. The van der Waals surface area contributed by atoms with Crippen molar-refractivity contribution in [2.45, 2.75) is 12.2 Å². The largest absolute Gasteiger partial charge is 0.480 e. The summed E-state index contributed by atoms with van der Waals surface area (Å²) in [5.41, 5.74) is -4.23. The first-order valence-electron chi connectivity index (χ1n) is 13.5. The number of benzene rings is 2. The summed E-state index contributed by atoms with van der Waals surface area (Å²) in [7, 11) is 0. The number of aliphatic imine (C=N–C) groups is 2. The first-order chi connectivity index (χ1) is 22.1. The maximum Gasteiger partial charge on any atom is 0.337 e. The van der Waals surface area contributed by atoms with E-state index in [0.29, 0.717) is 0 Å². The van der Waals surface area contributed by atoms with Crippen molar-refractivity contribution in [1.29, 1.82) is 0 Å². The minimum absolute atomic E-state index is 0. The predicted molar refractivity (Wildman–Crippen MR) is 159 cm³/mol. The number of pyridine rings is 2. The van der Waals surface area contributed by atoms with Gasteiger partial charge in [-0.25, -0.2) is 29.5 Å². The van der Waals surface area contributed by atoms with E-state index in [1.807, 2.05) is 0 Å². The van der Waals surface area contributed by atoms with Crippen molar-refractivity contribution in [3.63, 3.8) is 0 Å². The molecule has 0 saturated heterocycles. The third-order valence-electron chi connectivity index (χ3n) is 7.18. The van der Waals surface area contributed by atoms with Gasteiger partial charge in [-0.2, -0.15) is 0 Å². The number of carbonyl (C=O) groups excluding carboxylic acids is 2. The Balaban J connectivity index is 0.000000208. The van der Waals surface area contributed by atoms with Crippen molar-refractivity contribution in [3.05, 3.63) is 108 Å². The van der Waals surface area contributed by atoms with E-state index >= 15 is 0 Å². The first-order valence-corrected chi connectivity index (χ1v) is 13.5. The zero-order chi connectivity index (χ0) is 32.9. The molecular formula is C32H24CoN4O10. The Morgan fingerprint density at radius 3 is 1.34 bits per heavy atom. The number of fused-ring (bicyclic) bond motifs is 2. The minimum atomic E-state index is -2.33. The number of carbonyl (C=O) groups is 4. The Morgan fingerprint density at radius 2 is 1.00 bits per heavy atom. The van der Waals surface area contributed by atoms with Crippen LogP contribution >= 0.6 is 0 Å². The average Bonchev–Trinajstić information content (AvgIpc) is 3.06. The molecule has 14 nitrogen and oxygen atoms in total. The normalized spacial score (nSPS) is 22.9. The molecule has 2 aromatic heterocycles. The first kappa shape index (κ1) is 34.3. The van der Waals surface area contributed by atoms with E-state index in [9.17, 15) is 39.6 Å². The van der Waals surface area contributed by atoms with Gasteiger partial charge in [-0.3, -0.25) is 9.59 Å². The molecule has 4 N–H and O–H groups in total. The number of carboxylic acids is 2. The number of nitrogens with zero attached hydrogens (tertiary/aromatic N) is 4. The van der Waals surface area contributed by atoms with Gasteiger partial charge in [0.05, 0.1) is 0 Å². The number of aromatic nitrogens is 2. The predicted octanol–water partition coefficient (Wildman–Crippen LogP) is 3.01. The van der Waals surface area contributed by atoms with E-state index in [4.69, 9.17) is 9.47 Å². The number of aliphatic hydroxyl groups is 2. The van der Waals surface area contributed by atoms with Gasteiger partial charge < -0.3 is 29.9 Å². The average molecular weight is 683 g/mol. The van der Waals surface area contributed by atoms with Crippen LogP contribution < -0.4 is 9.47 Å². The molecule has 0 spiro atoms. The van der Waals surface area contributed by atoms with Gasteiger partial charge in [0.25, 0.3) is 0 Å². The van der Waals surface area contributed by atoms with Gasteiger partial charge in [-0.05, 0) is 36.4 Å². The summed E-state index contributed by atoms with van der Waals surface area (Å²) in [6.07, 6.45) is 1.46. The minimum Gasteiger partial charge on any atom is -0.480 e. The number of para-hydroxylation sites is 2. The van der Waals surface area contributed by atoms with Crippen molar-refractivity contribution in [2.75, 3.05) is 0 Å². The van der Waals surface area contributed by atoms with Gasteiger partial charge in [-0.1, -0.05) is 48.5 Å². The molecule has 15 heteroatoms. The number of ether oxygens (including phenoxy) is 2. The molecule has 0 saturated carbocycles. The number of rotatable bonds is 6. The fourth-order valence-corrected chi connectivity index (χ4v) is 4.64. The zero-order valence-electron chi connectivity index (χ0n) is 23.9. The van der Waals surface area contributed by atoms with Crippen molar-refractivity contribution in [1.82, 2.24) is 9.97 Å². The van der Waals surface area contributed by atoms with Gasteiger partial charge in [0.15, 0.2) is 11.6 Å². The topological polar surface area (TPSA) is 218 Å². The molecule has 6 rings (SSSR count). The van der Waals surface area contributed by atoms with Crippen LogP contribution in [0.1, 0.15) is 23.3 Å². The molecule has 4 unspecified atom stereocenters. The Kier molecular flexibility index (Phi) is 10.4. The molecule has 2 aliphatic heterocycles. The van der Waals surface area contributed by atoms with Crippen LogP contribution in [0.2, 0.25) is 0 Å². The van der Waals surface area contributed by atoms with Crippen LogP contribution in [0, 0.1) is 10.8 Å². The van der Waals surface area contributed by atoms with Gasteiger partial charge in [0, 0.05) is 52.7 Å². The van der Waals surface area contributed by atoms with Crippen molar-refractivity contribution >= 4 is 47.9 Å². The van der Waals surface area contributed by atoms with Crippen LogP contribution in [-0.2, 0) is 36.0 Å². The van der Waals surface area contributed by atoms with Crippen molar-refractivity contribution < 1.29 is 65.9 Å². The maximum atomic E-state index is 12.3. The molecule has 4 atom stereocenters. The van der Waals surface area contributed by atoms with E-state index in [1.165, 1.54) is 36.7 Å². The molecule has 241 valence electrons. The number of carboxylic acid groups (broad SMARTS) is 2. The van der Waals surface area contributed by atoms with E-state index in [2.05, 4.69) is 20.0 Å². The summed E-state index contributed by atoms with van der Waals surface area (Å²) in [5.74, 6) is -4.61. The summed E-state index contributed by atoms with van der Waals surface area (Å²) in [4.78, 5) is 63.8. The molecule has 0 fully saturated rings. The van der Waals surface area contributed by atoms with E-state index in [-0.39, 0.29) is 51.0 Å². The third kappa shape index (κ3) is 6.41. The Labute approximate surface area is 276 Å². The molecule has 2 aliphatic rings. The van der Waals surface area contributed by atoms with E-state index in [1.54, 1.807) is 60.7 Å². The molecule has 0 aliphatic carbocycles. The zero-order valence-corrected chi connectivity index (χ0v) is 24.9. The molecular weight excluding hydrogens is 659 g/mol.